The maximum atomic E-state index is 12.0. The summed E-state index contributed by atoms with van der Waals surface area (Å²) in [4.78, 5) is 23.2. The van der Waals surface area contributed by atoms with Crippen molar-refractivity contribution in [2.45, 2.75) is 52.2 Å². The Balaban J connectivity index is 2.14. The summed E-state index contributed by atoms with van der Waals surface area (Å²) >= 11 is 0. The molecule has 9 nitrogen and oxygen atoms in total. The van der Waals surface area contributed by atoms with Crippen LogP contribution in [0.5, 0.6) is 0 Å². The second-order valence-electron chi connectivity index (χ2n) is 7.12. The van der Waals surface area contributed by atoms with Crippen LogP contribution in [0.2, 0.25) is 0 Å². The van der Waals surface area contributed by atoms with Gasteiger partial charge in [-0.25, -0.2) is 4.79 Å². The lowest BCUT2D eigenvalue weighted by Gasteiger charge is -2.23. The van der Waals surface area contributed by atoms with Gasteiger partial charge in [0.15, 0.2) is 5.82 Å². The fourth-order valence-corrected chi connectivity index (χ4v) is 2.38. The third kappa shape index (κ3) is 6.96. The number of nitrogens with zero attached hydrogens (tertiary/aromatic N) is 4. The minimum absolute atomic E-state index is 0.229. The first-order valence-electron chi connectivity index (χ1n) is 8.47. The molecule has 2 rings (SSSR count). The van der Waals surface area contributed by atoms with Crippen LogP contribution in [-0.4, -0.2) is 49.2 Å². The highest BCUT2D eigenvalue weighted by Crippen LogP contribution is 2.17. The maximum absolute atomic E-state index is 12.0. The number of aliphatic carboxylic acids is 1. The number of aryl methyl sites for hydroxylation is 1. The molecular weight excluding hydrogens is 350 g/mol. The van der Waals surface area contributed by atoms with Crippen LogP contribution in [0, 0.1) is 6.92 Å². The van der Waals surface area contributed by atoms with Crippen LogP contribution in [0.4, 0.5) is 4.79 Å². The summed E-state index contributed by atoms with van der Waals surface area (Å²) in [6, 6.07) is 6.65. The van der Waals surface area contributed by atoms with Crippen LogP contribution in [0.15, 0.2) is 24.3 Å². The first kappa shape index (κ1) is 20.2. The van der Waals surface area contributed by atoms with Crippen molar-refractivity contribution in [1.29, 1.82) is 0 Å². The summed E-state index contributed by atoms with van der Waals surface area (Å²) in [7, 11) is 0. The van der Waals surface area contributed by atoms with E-state index >= 15 is 0 Å². The van der Waals surface area contributed by atoms with Gasteiger partial charge >= 0.3 is 12.1 Å². The van der Waals surface area contributed by atoms with E-state index < -0.39 is 23.7 Å². The Bertz CT molecular complexity index is 802. The van der Waals surface area contributed by atoms with Gasteiger partial charge in [-0.1, -0.05) is 18.2 Å². The van der Waals surface area contributed by atoms with Crippen molar-refractivity contribution in [3.05, 3.63) is 35.7 Å². The van der Waals surface area contributed by atoms with E-state index in [4.69, 9.17) is 9.84 Å². The molecule has 0 saturated heterocycles. The Hall–Kier alpha value is -3.10. The number of aromatic nitrogens is 4. The summed E-state index contributed by atoms with van der Waals surface area (Å²) in [5, 5.41) is 27.5. The molecule has 0 bridgehead atoms. The van der Waals surface area contributed by atoms with Gasteiger partial charge in [0.05, 0.1) is 6.42 Å². The smallest absolute Gasteiger partial charge is 0.407 e. The van der Waals surface area contributed by atoms with Crippen molar-refractivity contribution in [2.75, 3.05) is 0 Å². The zero-order valence-corrected chi connectivity index (χ0v) is 15.8. The minimum atomic E-state index is -1.01. The molecular formula is C18H23N5O4. The Morgan fingerprint density at radius 3 is 2.44 bits per heavy atom. The van der Waals surface area contributed by atoms with Crippen molar-refractivity contribution in [1.82, 2.24) is 25.7 Å². The van der Waals surface area contributed by atoms with E-state index in [1.165, 1.54) is 0 Å². The molecule has 0 saturated carbocycles. The third-order valence-electron chi connectivity index (χ3n) is 3.39. The number of hydrogen-bond donors (Lipinski definition) is 2. The summed E-state index contributed by atoms with van der Waals surface area (Å²) < 4.78 is 5.21. The number of carboxylic acid groups (broad SMARTS) is 1. The molecule has 1 aromatic heterocycles. The second-order valence-corrected chi connectivity index (χ2v) is 7.12. The van der Waals surface area contributed by atoms with Crippen LogP contribution in [-0.2, 0) is 16.0 Å². The van der Waals surface area contributed by atoms with Crippen molar-refractivity contribution in [3.63, 3.8) is 0 Å². The van der Waals surface area contributed by atoms with Crippen LogP contribution >= 0.6 is 0 Å². The zero-order chi connectivity index (χ0) is 20.0. The number of alkyl carbamates (subject to hydrolysis) is 1. The number of rotatable bonds is 6. The van der Waals surface area contributed by atoms with E-state index in [9.17, 15) is 9.59 Å². The number of carboxylic acids is 1. The van der Waals surface area contributed by atoms with E-state index in [0.29, 0.717) is 23.6 Å². The summed E-state index contributed by atoms with van der Waals surface area (Å²) in [6.45, 7) is 6.92. The summed E-state index contributed by atoms with van der Waals surface area (Å²) in [5.41, 5.74) is 0.860. The van der Waals surface area contributed by atoms with Gasteiger partial charge in [-0.15, -0.1) is 20.4 Å². The highest BCUT2D eigenvalue weighted by Gasteiger charge is 2.21. The molecule has 1 atom stereocenters. The van der Waals surface area contributed by atoms with Gasteiger partial charge < -0.3 is 15.2 Å². The van der Waals surface area contributed by atoms with E-state index in [0.717, 1.165) is 5.56 Å². The standard InChI is InChI=1S/C18H23N5O4/c1-11-20-22-16(23-21-11)13-7-5-6-12(8-13)9-14(10-15(24)25)19-17(26)27-18(2,3)4/h5-8,14H,9-10H2,1-4H3,(H,19,26)(H,24,25)/t14-/m1/s1. The molecule has 0 aliphatic rings. The van der Waals surface area contributed by atoms with E-state index in [1.807, 2.05) is 18.2 Å². The predicted octanol–water partition coefficient (Wildman–Crippen LogP) is 2.15. The summed E-state index contributed by atoms with van der Waals surface area (Å²) in [6.07, 6.45) is -0.570. The van der Waals surface area contributed by atoms with Gasteiger partial charge in [-0.05, 0) is 45.7 Å². The number of benzene rings is 1. The Labute approximate surface area is 157 Å². The topological polar surface area (TPSA) is 127 Å². The predicted molar refractivity (Wildman–Crippen MR) is 96.9 cm³/mol. The van der Waals surface area contributed by atoms with Gasteiger partial charge in [-0.2, -0.15) is 0 Å². The molecule has 0 radical (unpaired) electrons. The van der Waals surface area contributed by atoms with Gasteiger partial charge in [0.1, 0.15) is 5.60 Å². The lowest BCUT2D eigenvalue weighted by atomic mass is 10.0. The fourth-order valence-electron chi connectivity index (χ4n) is 2.38. The number of carbonyl (C=O) groups excluding carboxylic acids is 1. The number of ether oxygens (including phenoxy) is 1. The molecule has 0 unspecified atom stereocenters. The number of amides is 1. The minimum Gasteiger partial charge on any atom is -0.481 e. The maximum Gasteiger partial charge on any atom is 0.407 e. The van der Waals surface area contributed by atoms with Crippen molar-refractivity contribution < 1.29 is 19.4 Å². The van der Waals surface area contributed by atoms with Crippen LogP contribution < -0.4 is 5.32 Å². The zero-order valence-electron chi connectivity index (χ0n) is 15.8. The largest absolute Gasteiger partial charge is 0.481 e. The Morgan fingerprint density at radius 1 is 1.19 bits per heavy atom. The average Bonchev–Trinajstić information content (AvgIpc) is 2.53. The molecule has 0 aliphatic carbocycles. The third-order valence-corrected chi connectivity index (χ3v) is 3.39. The molecule has 2 aromatic rings. The SMILES string of the molecule is Cc1nnc(-c2cccc(C[C@H](CC(=O)O)NC(=O)OC(C)(C)C)c2)nn1. The van der Waals surface area contributed by atoms with Crippen molar-refractivity contribution in [2.24, 2.45) is 0 Å². The van der Waals surface area contributed by atoms with Crippen LogP contribution in [0.1, 0.15) is 38.6 Å². The average molecular weight is 373 g/mol. The molecule has 0 spiro atoms. The van der Waals surface area contributed by atoms with Gasteiger partial charge in [0.2, 0.25) is 5.82 Å². The Morgan fingerprint density at radius 2 is 1.85 bits per heavy atom. The first-order chi connectivity index (χ1) is 12.6. The Kier molecular flexibility index (Phi) is 6.38. The van der Waals surface area contributed by atoms with E-state index in [1.54, 1.807) is 33.8 Å². The molecule has 0 fully saturated rings. The monoisotopic (exact) mass is 373 g/mol. The van der Waals surface area contributed by atoms with Crippen LogP contribution in [0.25, 0.3) is 11.4 Å². The fraction of sp³-hybridized carbons (Fsp3) is 0.444. The lowest BCUT2D eigenvalue weighted by molar-refractivity contribution is -0.137. The highest BCUT2D eigenvalue weighted by molar-refractivity contribution is 5.71. The van der Waals surface area contributed by atoms with Gasteiger partial charge in [0.25, 0.3) is 0 Å². The molecule has 1 heterocycles. The molecule has 0 aliphatic heterocycles. The summed E-state index contributed by atoms with van der Waals surface area (Å²) in [5.74, 6) is -0.169. The van der Waals surface area contributed by atoms with Crippen molar-refractivity contribution in [3.8, 4) is 11.4 Å². The molecule has 2 N–H and O–H groups in total. The lowest BCUT2D eigenvalue weighted by Crippen LogP contribution is -2.41. The normalized spacial score (nSPS) is 12.3. The molecule has 27 heavy (non-hydrogen) atoms. The van der Waals surface area contributed by atoms with Gasteiger partial charge in [0, 0.05) is 11.6 Å². The quantitative estimate of drug-likeness (QED) is 0.788. The molecule has 144 valence electrons. The number of carbonyl (C=O) groups is 2. The molecule has 9 heteroatoms. The molecule has 1 aromatic carbocycles. The highest BCUT2D eigenvalue weighted by atomic mass is 16.6. The van der Waals surface area contributed by atoms with E-state index in [-0.39, 0.29) is 6.42 Å². The first-order valence-corrected chi connectivity index (χ1v) is 8.47. The van der Waals surface area contributed by atoms with Crippen LogP contribution in [0.3, 0.4) is 0 Å². The number of nitrogens with one attached hydrogen (secondary N) is 1. The van der Waals surface area contributed by atoms with Crippen molar-refractivity contribution >= 4 is 12.1 Å². The van der Waals surface area contributed by atoms with Gasteiger partial charge in [-0.3, -0.25) is 4.79 Å². The van der Waals surface area contributed by atoms with E-state index in [2.05, 4.69) is 25.7 Å². The second kappa shape index (κ2) is 8.52. The molecule has 1 amide bonds. The number of hydrogen-bond acceptors (Lipinski definition) is 7.